The van der Waals surface area contributed by atoms with Gasteiger partial charge in [0, 0.05) is 0 Å². The third-order valence-corrected chi connectivity index (χ3v) is 11.1. The zero-order valence-electron chi connectivity index (χ0n) is 24.9. The van der Waals surface area contributed by atoms with Crippen LogP contribution in [0.3, 0.4) is 0 Å². The second-order valence-electron chi connectivity index (χ2n) is 13.1. The highest BCUT2D eigenvalue weighted by Crippen LogP contribution is 2.53. The molecule has 0 heterocycles. The summed E-state index contributed by atoms with van der Waals surface area (Å²) in [5.41, 5.74) is 7.98. The van der Waals surface area contributed by atoms with E-state index in [9.17, 15) is 0 Å². The minimum Gasteiger partial charge on any atom is -0.0616 e. The second-order valence-corrected chi connectivity index (χ2v) is 13.1. The standard InChI is InChI=1S/C46H24/c1-2-10-26-25(9-1)32-15-7-17-34-31(19-20-36(26)43(32)34)38-22-21-37-28-12-4-6-14-30(28)41-23-39-35-18-8-16-33-27-11-3-5-13-29(27)40(44(33)35)24-42(39)46(38)45(37)41/h1-24H. The van der Waals surface area contributed by atoms with Crippen LogP contribution in [0.5, 0.6) is 0 Å². The molecule has 11 aromatic rings. The molecule has 0 aromatic heterocycles. The summed E-state index contributed by atoms with van der Waals surface area (Å²) in [5, 5.41) is 21.6. The smallest absolute Gasteiger partial charge is 0.00137 e. The van der Waals surface area contributed by atoms with Crippen molar-refractivity contribution >= 4 is 86.2 Å². The fourth-order valence-corrected chi connectivity index (χ4v) is 9.29. The Morgan fingerprint density at radius 3 is 1.33 bits per heavy atom. The maximum atomic E-state index is 2.51. The Hall–Kier alpha value is -5.98. The van der Waals surface area contributed by atoms with Crippen molar-refractivity contribution in [2.75, 3.05) is 0 Å². The van der Waals surface area contributed by atoms with Gasteiger partial charge in [0.2, 0.25) is 0 Å². The van der Waals surface area contributed by atoms with E-state index >= 15 is 0 Å². The molecule has 0 radical (unpaired) electrons. The Bertz CT molecular complexity index is 3090. The predicted molar refractivity (Wildman–Crippen MR) is 199 cm³/mol. The van der Waals surface area contributed by atoms with E-state index in [1.165, 1.54) is 120 Å². The first-order valence-electron chi connectivity index (χ1n) is 16.2. The highest BCUT2D eigenvalue weighted by Gasteiger charge is 2.25. The van der Waals surface area contributed by atoms with Gasteiger partial charge < -0.3 is 0 Å². The molecule has 46 heavy (non-hydrogen) atoms. The van der Waals surface area contributed by atoms with Gasteiger partial charge in [-0.25, -0.2) is 0 Å². The molecule has 0 spiro atoms. The molecule has 0 unspecified atom stereocenters. The monoisotopic (exact) mass is 576 g/mol. The predicted octanol–water partition coefficient (Wildman–Crippen LogP) is 13.1. The average Bonchev–Trinajstić information content (AvgIpc) is 3.74. The normalized spacial score (nSPS) is 12.8. The van der Waals surface area contributed by atoms with Crippen LogP contribution in [0.1, 0.15) is 0 Å². The van der Waals surface area contributed by atoms with Crippen LogP contribution in [0, 0.1) is 0 Å². The summed E-state index contributed by atoms with van der Waals surface area (Å²) >= 11 is 0. The molecule has 0 nitrogen and oxygen atoms in total. The van der Waals surface area contributed by atoms with Crippen molar-refractivity contribution in [2.45, 2.75) is 0 Å². The molecule has 11 aromatic carbocycles. The van der Waals surface area contributed by atoms with Crippen LogP contribution in [-0.4, -0.2) is 0 Å². The van der Waals surface area contributed by atoms with Crippen LogP contribution < -0.4 is 0 Å². The third-order valence-electron chi connectivity index (χ3n) is 11.1. The number of benzene rings is 9. The lowest BCUT2D eigenvalue weighted by Crippen LogP contribution is -1.88. The van der Waals surface area contributed by atoms with Gasteiger partial charge in [0.05, 0.1) is 0 Å². The lowest BCUT2D eigenvalue weighted by atomic mass is 9.87. The fourth-order valence-electron chi connectivity index (χ4n) is 9.29. The molecule has 0 aliphatic heterocycles. The van der Waals surface area contributed by atoms with E-state index in [0.717, 1.165) is 0 Å². The van der Waals surface area contributed by atoms with E-state index in [2.05, 4.69) is 146 Å². The highest BCUT2D eigenvalue weighted by atomic mass is 14.3. The Morgan fingerprint density at radius 1 is 0.174 bits per heavy atom. The second kappa shape index (κ2) is 7.99. The van der Waals surface area contributed by atoms with Gasteiger partial charge >= 0.3 is 0 Å². The largest absolute Gasteiger partial charge is 0.0616 e. The van der Waals surface area contributed by atoms with Crippen molar-refractivity contribution in [3.05, 3.63) is 146 Å². The van der Waals surface area contributed by atoms with Crippen molar-refractivity contribution in [2.24, 2.45) is 0 Å². The van der Waals surface area contributed by atoms with Crippen molar-refractivity contribution in [3.63, 3.8) is 0 Å². The zero-order chi connectivity index (χ0) is 29.7. The molecule has 0 bridgehead atoms. The van der Waals surface area contributed by atoms with Gasteiger partial charge in [0.25, 0.3) is 0 Å². The molecule has 0 atom stereocenters. The lowest BCUT2D eigenvalue weighted by molar-refractivity contribution is 1.69. The van der Waals surface area contributed by atoms with Crippen LogP contribution in [0.15, 0.2) is 146 Å². The van der Waals surface area contributed by atoms with Crippen LogP contribution in [0.25, 0.3) is 120 Å². The topological polar surface area (TPSA) is 0 Å². The van der Waals surface area contributed by atoms with Crippen molar-refractivity contribution in [1.82, 2.24) is 0 Å². The minimum absolute atomic E-state index is 1.31. The van der Waals surface area contributed by atoms with Crippen LogP contribution in [-0.2, 0) is 0 Å². The molecule has 0 amide bonds. The van der Waals surface area contributed by atoms with Gasteiger partial charge in [-0.05, 0) is 132 Å². The summed E-state index contributed by atoms with van der Waals surface area (Å²) in [6.07, 6.45) is 0. The van der Waals surface area contributed by atoms with Crippen LogP contribution in [0.4, 0.5) is 0 Å². The average molecular weight is 577 g/mol. The molecular formula is C46H24. The van der Waals surface area contributed by atoms with E-state index in [4.69, 9.17) is 0 Å². The Balaban J connectivity index is 1.33. The SMILES string of the molecule is c1ccc2c(c1)-c1cccc3c(-c4ccc5c6ccccc6c6cc7c(cc8c9ccccc9c9cccc7c98)c4c56)ccc-2c13. The minimum atomic E-state index is 1.31. The molecule has 0 N–H and O–H groups in total. The zero-order valence-corrected chi connectivity index (χ0v) is 24.9. The molecular weight excluding hydrogens is 553 g/mol. The summed E-state index contributed by atoms with van der Waals surface area (Å²) in [5.74, 6) is 0. The first kappa shape index (κ1) is 23.4. The molecule has 0 saturated heterocycles. The Morgan fingerprint density at radius 2 is 0.587 bits per heavy atom. The summed E-state index contributed by atoms with van der Waals surface area (Å²) in [6, 6.07) is 55.1. The van der Waals surface area contributed by atoms with Gasteiger partial charge in [0.15, 0.2) is 0 Å². The summed E-state index contributed by atoms with van der Waals surface area (Å²) in [6.45, 7) is 0. The molecule has 0 fully saturated rings. The van der Waals surface area contributed by atoms with E-state index in [1.807, 2.05) is 0 Å². The third kappa shape index (κ3) is 2.62. The lowest BCUT2D eigenvalue weighted by Gasteiger charge is -2.16. The quantitative estimate of drug-likeness (QED) is 0.171. The summed E-state index contributed by atoms with van der Waals surface area (Å²) in [4.78, 5) is 0. The van der Waals surface area contributed by atoms with Crippen LogP contribution in [0.2, 0.25) is 0 Å². The van der Waals surface area contributed by atoms with Gasteiger partial charge in [-0.1, -0.05) is 133 Å². The van der Waals surface area contributed by atoms with E-state index < -0.39 is 0 Å². The summed E-state index contributed by atoms with van der Waals surface area (Å²) < 4.78 is 0. The maximum Gasteiger partial charge on any atom is -0.00137 e. The molecule has 0 heteroatoms. The molecule has 208 valence electrons. The van der Waals surface area contributed by atoms with Crippen molar-refractivity contribution < 1.29 is 0 Å². The molecule has 12 rings (SSSR count). The van der Waals surface area contributed by atoms with Gasteiger partial charge in [-0.3, -0.25) is 0 Å². The Labute approximate surface area is 264 Å². The summed E-state index contributed by atoms with van der Waals surface area (Å²) in [7, 11) is 0. The highest BCUT2D eigenvalue weighted by molar-refractivity contribution is 6.42. The van der Waals surface area contributed by atoms with E-state index in [0.29, 0.717) is 0 Å². The Kier molecular flexibility index (Phi) is 4.07. The van der Waals surface area contributed by atoms with Gasteiger partial charge in [-0.2, -0.15) is 0 Å². The number of hydrogen-bond acceptors (Lipinski definition) is 0. The first-order chi connectivity index (χ1) is 22.8. The number of fused-ring (bicyclic) bond motifs is 12. The number of rotatable bonds is 1. The van der Waals surface area contributed by atoms with Gasteiger partial charge in [0.1, 0.15) is 0 Å². The fraction of sp³-hybridized carbons (Fsp3) is 0. The molecule has 1 aliphatic rings. The van der Waals surface area contributed by atoms with Crippen molar-refractivity contribution in [3.8, 4) is 33.4 Å². The molecule has 0 saturated carbocycles. The van der Waals surface area contributed by atoms with Gasteiger partial charge in [-0.15, -0.1) is 0 Å². The first-order valence-corrected chi connectivity index (χ1v) is 16.2. The number of hydrogen-bond donors (Lipinski definition) is 0. The van der Waals surface area contributed by atoms with Crippen LogP contribution >= 0.6 is 0 Å². The maximum absolute atomic E-state index is 2.51. The van der Waals surface area contributed by atoms with E-state index in [1.54, 1.807) is 0 Å². The van der Waals surface area contributed by atoms with E-state index in [-0.39, 0.29) is 0 Å². The molecule has 1 aliphatic carbocycles. The van der Waals surface area contributed by atoms with Crippen molar-refractivity contribution in [1.29, 1.82) is 0 Å².